The molecule has 0 aliphatic heterocycles. The third-order valence-corrected chi connectivity index (χ3v) is 2.45. The van der Waals surface area contributed by atoms with Crippen LogP contribution in [0.25, 0.3) is 0 Å². The number of carbonyl (C=O) groups excluding carboxylic acids is 2. The van der Waals surface area contributed by atoms with Gasteiger partial charge in [0, 0.05) is 5.56 Å². The number of hydrogen-bond acceptors (Lipinski definition) is 5. The van der Waals surface area contributed by atoms with Gasteiger partial charge < -0.3 is 26.0 Å². The predicted octanol–water partition coefficient (Wildman–Crippen LogP) is -0.541. The molecule has 0 aromatic heterocycles. The van der Waals surface area contributed by atoms with Crippen molar-refractivity contribution in [3.63, 3.8) is 0 Å². The number of ether oxygens (including phenoxy) is 1. The van der Waals surface area contributed by atoms with E-state index in [1.165, 1.54) is 19.2 Å². The van der Waals surface area contributed by atoms with E-state index in [1.807, 2.05) is 0 Å². The van der Waals surface area contributed by atoms with Crippen LogP contribution in [0.4, 0.5) is 0 Å². The second-order valence-electron chi connectivity index (χ2n) is 3.92. The molecule has 0 bridgehead atoms. The Kier molecular flexibility index (Phi) is 4.90. The number of nitrogens with one attached hydrogen (secondary N) is 1. The van der Waals surface area contributed by atoms with Crippen LogP contribution < -0.4 is 15.8 Å². The average molecular weight is 282 g/mol. The normalized spacial score (nSPS) is 11.4. The summed E-state index contributed by atoms with van der Waals surface area (Å²) in [5.41, 5.74) is 4.92. The number of amides is 2. The lowest BCUT2D eigenvalue weighted by Gasteiger charge is -2.13. The lowest BCUT2D eigenvalue weighted by Crippen LogP contribution is -2.43. The molecule has 20 heavy (non-hydrogen) atoms. The lowest BCUT2D eigenvalue weighted by molar-refractivity contribution is -0.140. The number of benzene rings is 1. The number of phenols is 1. The van der Waals surface area contributed by atoms with E-state index in [0.29, 0.717) is 0 Å². The first-order valence-corrected chi connectivity index (χ1v) is 5.54. The summed E-state index contributed by atoms with van der Waals surface area (Å²) in [4.78, 5) is 33.4. The average Bonchev–Trinajstić information content (AvgIpc) is 2.37. The molecule has 0 unspecified atom stereocenters. The third kappa shape index (κ3) is 3.87. The maximum Gasteiger partial charge on any atom is 0.326 e. The fourth-order valence-electron chi connectivity index (χ4n) is 1.47. The lowest BCUT2D eigenvalue weighted by atomic mass is 10.1. The molecule has 1 aromatic rings. The van der Waals surface area contributed by atoms with Gasteiger partial charge in [-0.15, -0.1) is 0 Å². The van der Waals surface area contributed by atoms with E-state index in [4.69, 9.17) is 15.6 Å². The molecule has 0 saturated heterocycles. The van der Waals surface area contributed by atoms with Crippen molar-refractivity contribution in [3.05, 3.63) is 23.8 Å². The van der Waals surface area contributed by atoms with E-state index >= 15 is 0 Å². The fraction of sp³-hybridized carbons (Fsp3) is 0.250. The van der Waals surface area contributed by atoms with Gasteiger partial charge in [-0.25, -0.2) is 4.79 Å². The Morgan fingerprint density at radius 3 is 2.50 bits per heavy atom. The van der Waals surface area contributed by atoms with E-state index in [1.54, 1.807) is 0 Å². The summed E-state index contributed by atoms with van der Waals surface area (Å²) in [5, 5.41) is 20.5. The van der Waals surface area contributed by atoms with Gasteiger partial charge in [-0.2, -0.15) is 0 Å². The molecule has 8 heteroatoms. The van der Waals surface area contributed by atoms with Crippen LogP contribution in [0.1, 0.15) is 16.8 Å². The molecule has 108 valence electrons. The summed E-state index contributed by atoms with van der Waals surface area (Å²) >= 11 is 0. The molecule has 0 saturated carbocycles. The number of carboxylic acids is 1. The molecule has 0 spiro atoms. The van der Waals surface area contributed by atoms with Crippen LogP contribution in [0.2, 0.25) is 0 Å². The molecule has 1 atom stereocenters. The topological polar surface area (TPSA) is 139 Å². The molecular weight excluding hydrogens is 268 g/mol. The van der Waals surface area contributed by atoms with Crippen LogP contribution in [0.3, 0.4) is 0 Å². The number of aliphatic carboxylic acids is 1. The van der Waals surface area contributed by atoms with E-state index in [9.17, 15) is 19.5 Å². The summed E-state index contributed by atoms with van der Waals surface area (Å²) in [5.74, 6) is -3.07. The number of rotatable bonds is 6. The fourth-order valence-corrected chi connectivity index (χ4v) is 1.47. The molecular formula is C12H14N2O6. The number of methoxy groups -OCH3 is 1. The summed E-state index contributed by atoms with van der Waals surface area (Å²) in [7, 11) is 1.35. The van der Waals surface area contributed by atoms with E-state index in [0.717, 1.165) is 6.07 Å². The molecule has 2 amide bonds. The smallest absolute Gasteiger partial charge is 0.326 e. The highest BCUT2D eigenvalue weighted by Gasteiger charge is 2.23. The zero-order chi connectivity index (χ0) is 15.3. The van der Waals surface area contributed by atoms with Gasteiger partial charge in [0.2, 0.25) is 5.91 Å². The Hall–Kier alpha value is -2.77. The molecule has 5 N–H and O–H groups in total. The van der Waals surface area contributed by atoms with Crippen molar-refractivity contribution in [2.45, 2.75) is 12.5 Å². The first-order chi connectivity index (χ1) is 9.35. The van der Waals surface area contributed by atoms with E-state index < -0.39 is 30.2 Å². The molecule has 0 heterocycles. The minimum absolute atomic E-state index is 0.0269. The van der Waals surface area contributed by atoms with Crippen molar-refractivity contribution < 1.29 is 29.3 Å². The van der Waals surface area contributed by atoms with Gasteiger partial charge in [0.25, 0.3) is 5.91 Å². The minimum Gasteiger partial charge on any atom is -0.504 e. The number of aromatic hydroxyl groups is 1. The molecule has 0 radical (unpaired) electrons. The summed E-state index contributed by atoms with van der Waals surface area (Å²) < 4.78 is 4.81. The monoisotopic (exact) mass is 282 g/mol. The van der Waals surface area contributed by atoms with Gasteiger partial charge in [-0.05, 0) is 18.2 Å². The highest BCUT2D eigenvalue weighted by molar-refractivity contribution is 5.98. The molecule has 8 nitrogen and oxygen atoms in total. The van der Waals surface area contributed by atoms with Gasteiger partial charge in [-0.1, -0.05) is 0 Å². The van der Waals surface area contributed by atoms with Crippen molar-refractivity contribution in [2.24, 2.45) is 5.73 Å². The van der Waals surface area contributed by atoms with Gasteiger partial charge >= 0.3 is 5.97 Å². The van der Waals surface area contributed by atoms with Gasteiger partial charge in [0.05, 0.1) is 13.5 Å². The van der Waals surface area contributed by atoms with E-state index in [2.05, 4.69) is 5.32 Å². The van der Waals surface area contributed by atoms with Gasteiger partial charge in [0.1, 0.15) is 6.04 Å². The Balaban J connectivity index is 2.86. The van der Waals surface area contributed by atoms with Crippen molar-refractivity contribution in [1.82, 2.24) is 5.32 Å². The number of carbonyl (C=O) groups is 3. The minimum atomic E-state index is -1.43. The van der Waals surface area contributed by atoms with Crippen LogP contribution >= 0.6 is 0 Å². The van der Waals surface area contributed by atoms with Crippen LogP contribution in [0.15, 0.2) is 18.2 Å². The second kappa shape index (κ2) is 6.41. The Morgan fingerprint density at radius 2 is 2.05 bits per heavy atom. The SMILES string of the molecule is COc1ccc(C(=O)N[C@H](CC(N)=O)C(=O)O)cc1O. The van der Waals surface area contributed by atoms with Crippen molar-refractivity contribution >= 4 is 17.8 Å². The van der Waals surface area contributed by atoms with Crippen molar-refractivity contribution in [3.8, 4) is 11.5 Å². The predicted molar refractivity (Wildman–Crippen MR) is 67.4 cm³/mol. The number of phenolic OH excluding ortho intramolecular Hbond substituents is 1. The van der Waals surface area contributed by atoms with Gasteiger partial charge in [-0.3, -0.25) is 9.59 Å². The van der Waals surface area contributed by atoms with Gasteiger partial charge in [0.15, 0.2) is 11.5 Å². The van der Waals surface area contributed by atoms with Crippen LogP contribution in [-0.4, -0.2) is 41.1 Å². The number of primary amides is 1. The number of carboxylic acid groups (broad SMARTS) is 1. The first kappa shape index (κ1) is 15.3. The maximum absolute atomic E-state index is 11.8. The summed E-state index contributed by atoms with van der Waals surface area (Å²) in [6.45, 7) is 0. The zero-order valence-electron chi connectivity index (χ0n) is 10.6. The molecule has 1 aromatic carbocycles. The van der Waals surface area contributed by atoms with Crippen LogP contribution in [0, 0.1) is 0 Å². The van der Waals surface area contributed by atoms with Crippen LogP contribution in [0.5, 0.6) is 11.5 Å². The second-order valence-corrected chi connectivity index (χ2v) is 3.92. The van der Waals surface area contributed by atoms with Crippen molar-refractivity contribution in [2.75, 3.05) is 7.11 Å². The molecule has 0 aliphatic rings. The number of nitrogens with two attached hydrogens (primary N) is 1. The quantitative estimate of drug-likeness (QED) is 0.552. The van der Waals surface area contributed by atoms with E-state index in [-0.39, 0.29) is 17.1 Å². The summed E-state index contributed by atoms with van der Waals surface area (Å²) in [6.07, 6.45) is -0.525. The molecule has 0 fully saturated rings. The molecule has 0 aliphatic carbocycles. The highest BCUT2D eigenvalue weighted by atomic mass is 16.5. The zero-order valence-corrected chi connectivity index (χ0v) is 10.6. The highest BCUT2D eigenvalue weighted by Crippen LogP contribution is 2.26. The first-order valence-electron chi connectivity index (χ1n) is 5.54. The largest absolute Gasteiger partial charge is 0.504 e. The summed E-state index contributed by atoms with van der Waals surface area (Å²) in [6, 6.07) is 2.40. The maximum atomic E-state index is 11.8. The number of hydrogen-bond donors (Lipinski definition) is 4. The van der Waals surface area contributed by atoms with Crippen molar-refractivity contribution in [1.29, 1.82) is 0 Å². The Morgan fingerprint density at radius 1 is 1.40 bits per heavy atom. The Labute approximate surface area is 114 Å². The molecule has 1 rings (SSSR count). The van der Waals surface area contributed by atoms with Crippen LogP contribution in [-0.2, 0) is 9.59 Å². The standard InChI is InChI=1S/C12H14N2O6/c1-20-9-3-2-6(4-8(9)15)11(17)14-7(12(18)19)5-10(13)16/h2-4,7,15H,5H2,1H3,(H2,13,16)(H,14,17)(H,18,19)/t7-/m1/s1. The third-order valence-electron chi connectivity index (χ3n) is 2.45. The Bertz CT molecular complexity index is 543.